The molecule has 0 spiro atoms. The maximum Gasteiger partial charge on any atom is 0.0589 e. The van der Waals surface area contributed by atoms with Crippen LogP contribution in [0.5, 0.6) is 0 Å². The predicted molar refractivity (Wildman–Crippen MR) is 60.3 cm³/mol. The van der Waals surface area contributed by atoms with E-state index in [4.69, 9.17) is 16.3 Å². The topological polar surface area (TPSA) is 21.3 Å². The molecule has 2 nitrogen and oxygen atoms in total. The molecule has 0 aliphatic carbocycles. The Kier molecular flexibility index (Phi) is 2.23. The lowest BCUT2D eigenvalue weighted by Crippen LogP contribution is -2.62. The summed E-state index contributed by atoms with van der Waals surface area (Å²) in [5.74, 6) is 0.686. The lowest BCUT2D eigenvalue weighted by atomic mass is 9.66. The fourth-order valence-electron chi connectivity index (χ4n) is 2.48. The monoisotopic (exact) mass is 223 g/mol. The van der Waals surface area contributed by atoms with Gasteiger partial charge in [0.2, 0.25) is 0 Å². The third-order valence-electron chi connectivity index (χ3n) is 3.69. The molecule has 1 aromatic carbocycles. The third-order valence-corrected chi connectivity index (χ3v) is 4.02. The number of benzene rings is 1. The Morgan fingerprint density at radius 1 is 1.27 bits per heavy atom. The molecule has 80 valence electrons. The number of rotatable bonds is 2. The molecule has 15 heavy (non-hydrogen) atoms. The van der Waals surface area contributed by atoms with Crippen LogP contribution < -0.4 is 5.32 Å². The lowest BCUT2D eigenvalue weighted by molar-refractivity contribution is -0.101. The van der Waals surface area contributed by atoms with E-state index in [0.717, 1.165) is 31.3 Å². The van der Waals surface area contributed by atoms with Crippen molar-refractivity contribution in [2.75, 3.05) is 26.3 Å². The molecule has 0 saturated carbocycles. The molecule has 3 heteroatoms. The van der Waals surface area contributed by atoms with Crippen LogP contribution in [0.4, 0.5) is 0 Å². The van der Waals surface area contributed by atoms with Crippen LogP contribution >= 0.6 is 11.6 Å². The Hall–Kier alpha value is -0.570. The molecule has 0 amide bonds. The van der Waals surface area contributed by atoms with E-state index in [1.54, 1.807) is 0 Å². The average molecular weight is 224 g/mol. The van der Waals surface area contributed by atoms with Gasteiger partial charge < -0.3 is 10.1 Å². The second kappa shape index (κ2) is 3.48. The molecule has 1 aromatic rings. The van der Waals surface area contributed by atoms with Crippen LogP contribution in [0, 0.1) is 5.92 Å². The number of halogens is 1. The lowest BCUT2D eigenvalue weighted by Gasteiger charge is -2.51. The summed E-state index contributed by atoms with van der Waals surface area (Å²) in [6.45, 7) is 3.83. The highest BCUT2D eigenvalue weighted by atomic mass is 35.5. The van der Waals surface area contributed by atoms with Crippen LogP contribution in [0.3, 0.4) is 0 Å². The van der Waals surface area contributed by atoms with Crippen LogP contribution in [-0.2, 0) is 10.2 Å². The summed E-state index contributed by atoms with van der Waals surface area (Å²) in [6, 6.07) is 8.16. The largest absolute Gasteiger partial charge is 0.379 e. The predicted octanol–water partition coefficient (Wildman–Crippen LogP) is 1.83. The van der Waals surface area contributed by atoms with Gasteiger partial charge in [0.25, 0.3) is 0 Å². The molecular formula is C12H14ClNO. The SMILES string of the molecule is Clc1ccccc1C1(C2CNC2)COC1. The van der Waals surface area contributed by atoms with Crippen LogP contribution in [0.25, 0.3) is 0 Å². The molecule has 0 unspecified atom stereocenters. The van der Waals surface area contributed by atoms with Gasteiger partial charge in [-0.25, -0.2) is 0 Å². The summed E-state index contributed by atoms with van der Waals surface area (Å²) >= 11 is 6.27. The van der Waals surface area contributed by atoms with Gasteiger partial charge in [-0.1, -0.05) is 29.8 Å². The minimum absolute atomic E-state index is 0.184. The Morgan fingerprint density at radius 2 is 2.00 bits per heavy atom. The molecule has 2 heterocycles. The van der Waals surface area contributed by atoms with Crippen molar-refractivity contribution in [3.63, 3.8) is 0 Å². The van der Waals surface area contributed by atoms with E-state index in [9.17, 15) is 0 Å². The van der Waals surface area contributed by atoms with Gasteiger partial charge in [-0.3, -0.25) is 0 Å². The highest BCUT2D eigenvalue weighted by Crippen LogP contribution is 2.43. The Balaban J connectivity index is 1.99. The van der Waals surface area contributed by atoms with Crippen molar-refractivity contribution in [1.29, 1.82) is 0 Å². The van der Waals surface area contributed by atoms with E-state index in [2.05, 4.69) is 17.4 Å². The molecule has 2 aliphatic heterocycles. The first-order chi connectivity index (χ1) is 7.33. The molecule has 3 rings (SSSR count). The van der Waals surface area contributed by atoms with Crippen molar-refractivity contribution in [3.8, 4) is 0 Å². The molecule has 2 aliphatic rings. The fraction of sp³-hybridized carbons (Fsp3) is 0.500. The zero-order chi connectivity index (χ0) is 10.3. The van der Waals surface area contributed by atoms with Gasteiger partial charge in [0.1, 0.15) is 0 Å². The van der Waals surface area contributed by atoms with Crippen molar-refractivity contribution in [1.82, 2.24) is 5.32 Å². The van der Waals surface area contributed by atoms with Crippen molar-refractivity contribution in [3.05, 3.63) is 34.9 Å². The Bertz CT molecular complexity index is 372. The summed E-state index contributed by atoms with van der Waals surface area (Å²) in [5, 5.41) is 4.21. The van der Waals surface area contributed by atoms with Crippen molar-refractivity contribution in [2.45, 2.75) is 5.41 Å². The Labute approximate surface area is 94.6 Å². The molecular weight excluding hydrogens is 210 g/mol. The van der Waals surface area contributed by atoms with Gasteiger partial charge in [-0.05, 0) is 17.5 Å². The molecule has 0 radical (unpaired) electrons. The van der Waals surface area contributed by atoms with Crippen LogP contribution in [-0.4, -0.2) is 26.3 Å². The number of ether oxygens (including phenoxy) is 1. The highest BCUT2D eigenvalue weighted by molar-refractivity contribution is 6.31. The van der Waals surface area contributed by atoms with E-state index in [1.807, 2.05) is 12.1 Å². The van der Waals surface area contributed by atoms with E-state index in [0.29, 0.717) is 5.92 Å². The van der Waals surface area contributed by atoms with Crippen LogP contribution in [0.1, 0.15) is 5.56 Å². The fourth-order valence-corrected chi connectivity index (χ4v) is 2.80. The second-order valence-electron chi connectivity index (χ2n) is 4.48. The summed E-state index contributed by atoms with van der Waals surface area (Å²) in [4.78, 5) is 0. The first-order valence-corrected chi connectivity index (χ1v) is 5.74. The first-order valence-electron chi connectivity index (χ1n) is 5.36. The van der Waals surface area contributed by atoms with Gasteiger partial charge in [0, 0.05) is 23.5 Å². The molecule has 2 fully saturated rings. The molecule has 0 atom stereocenters. The van der Waals surface area contributed by atoms with Crippen LogP contribution in [0.2, 0.25) is 5.02 Å². The number of hydrogen-bond donors (Lipinski definition) is 1. The zero-order valence-corrected chi connectivity index (χ0v) is 9.26. The van der Waals surface area contributed by atoms with Gasteiger partial charge >= 0.3 is 0 Å². The quantitative estimate of drug-likeness (QED) is 0.826. The second-order valence-corrected chi connectivity index (χ2v) is 4.89. The average Bonchev–Trinajstić information content (AvgIpc) is 2.09. The minimum atomic E-state index is 0.184. The molecule has 2 saturated heterocycles. The van der Waals surface area contributed by atoms with E-state index in [1.165, 1.54) is 5.56 Å². The molecule has 0 aromatic heterocycles. The number of hydrogen-bond acceptors (Lipinski definition) is 2. The standard InChI is InChI=1S/C12H14ClNO/c13-11-4-2-1-3-10(11)12(7-15-8-12)9-5-14-6-9/h1-4,9,14H,5-8H2. The molecule has 1 N–H and O–H groups in total. The number of nitrogens with one attached hydrogen (secondary N) is 1. The smallest absolute Gasteiger partial charge is 0.0589 e. The highest BCUT2D eigenvalue weighted by Gasteiger charge is 2.49. The first kappa shape index (κ1) is 9.64. The zero-order valence-electron chi connectivity index (χ0n) is 8.50. The van der Waals surface area contributed by atoms with Gasteiger partial charge in [0.05, 0.1) is 13.2 Å². The van der Waals surface area contributed by atoms with Crippen molar-refractivity contribution < 1.29 is 4.74 Å². The van der Waals surface area contributed by atoms with Crippen molar-refractivity contribution >= 4 is 11.6 Å². The van der Waals surface area contributed by atoms with E-state index >= 15 is 0 Å². The van der Waals surface area contributed by atoms with E-state index < -0.39 is 0 Å². The van der Waals surface area contributed by atoms with Gasteiger partial charge in [0.15, 0.2) is 0 Å². The van der Waals surface area contributed by atoms with Crippen molar-refractivity contribution in [2.24, 2.45) is 5.92 Å². The minimum Gasteiger partial charge on any atom is -0.379 e. The normalized spacial score (nSPS) is 24.3. The summed E-state index contributed by atoms with van der Waals surface area (Å²) in [7, 11) is 0. The molecule has 0 bridgehead atoms. The summed E-state index contributed by atoms with van der Waals surface area (Å²) in [6.07, 6.45) is 0. The van der Waals surface area contributed by atoms with E-state index in [-0.39, 0.29) is 5.41 Å². The summed E-state index contributed by atoms with van der Waals surface area (Å²) < 4.78 is 5.42. The van der Waals surface area contributed by atoms with Gasteiger partial charge in [-0.2, -0.15) is 0 Å². The maximum atomic E-state index is 6.27. The van der Waals surface area contributed by atoms with Crippen LogP contribution in [0.15, 0.2) is 24.3 Å². The van der Waals surface area contributed by atoms with Gasteiger partial charge in [-0.15, -0.1) is 0 Å². The Morgan fingerprint density at radius 3 is 2.47 bits per heavy atom. The maximum absolute atomic E-state index is 6.27. The summed E-state index contributed by atoms with van der Waals surface area (Å²) in [5.41, 5.74) is 1.45. The third kappa shape index (κ3) is 1.32.